The Labute approximate surface area is 184 Å². The number of rotatable bonds is 5. The number of carbonyl (C=O) groups excluding carboxylic acids is 1. The standard InChI is InChI=1S/C23H16ClNO5S/c1-15-4-2-3-5-20(15)22-25-21(23(26)29-22)14-16-6-10-18(11-7-16)30-31(27,28)19-12-8-17(24)9-13-19/h2-14H,1H3/b21-14+. The molecule has 4 rings (SSSR count). The van der Waals surface area contributed by atoms with Gasteiger partial charge in [-0.25, -0.2) is 9.79 Å². The summed E-state index contributed by atoms with van der Waals surface area (Å²) >= 11 is 5.79. The average molecular weight is 454 g/mol. The molecule has 0 aromatic heterocycles. The van der Waals surface area contributed by atoms with Crippen molar-refractivity contribution in [3.8, 4) is 5.75 Å². The van der Waals surface area contributed by atoms with Crippen molar-refractivity contribution in [2.24, 2.45) is 4.99 Å². The van der Waals surface area contributed by atoms with Crippen LogP contribution in [0.2, 0.25) is 5.02 Å². The third kappa shape index (κ3) is 4.68. The summed E-state index contributed by atoms with van der Waals surface area (Å²) in [5.41, 5.74) is 2.48. The predicted octanol–water partition coefficient (Wildman–Crippen LogP) is 4.76. The molecule has 8 heteroatoms. The number of halogens is 1. The lowest BCUT2D eigenvalue weighted by Gasteiger charge is -2.07. The number of carbonyl (C=O) groups is 1. The zero-order valence-electron chi connectivity index (χ0n) is 16.3. The van der Waals surface area contributed by atoms with E-state index < -0.39 is 16.1 Å². The van der Waals surface area contributed by atoms with Crippen LogP contribution in [0.15, 0.2) is 88.4 Å². The fraction of sp³-hybridized carbons (Fsp3) is 0.0435. The van der Waals surface area contributed by atoms with E-state index in [0.717, 1.165) is 11.1 Å². The van der Waals surface area contributed by atoms with E-state index in [1.165, 1.54) is 36.4 Å². The van der Waals surface area contributed by atoms with Crippen molar-refractivity contribution in [1.29, 1.82) is 0 Å². The van der Waals surface area contributed by atoms with Crippen molar-refractivity contribution in [2.45, 2.75) is 11.8 Å². The number of hydrogen-bond acceptors (Lipinski definition) is 6. The summed E-state index contributed by atoms with van der Waals surface area (Å²) in [7, 11) is -3.99. The Morgan fingerprint density at radius 1 is 0.968 bits per heavy atom. The van der Waals surface area contributed by atoms with E-state index >= 15 is 0 Å². The molecule has 0 aliphatic carbocycles. The van der Waals surface area contributed by atoms with E-state index in [4.69, 9.17) is 20.5 Å². The maximum Gasteiger partial charge on any atom is 0.363 e. The minimum absolute atomic E-state index is 0.00475. The van der Waals surface area contributed by atoms with Crippen molar-refractivity contribution in [2.75, 3.05) is 0 Å². The lowest BCUT2D eigenvalue weighted by molar-refractivity contribution is -0.129. The van der Waals surface area contributed by atoms with Crippen LogP contribution in [0.3, 0.4) is 0 Å². The van der Waals surface area contributed by atoms with Gasteiger partial charge in [0, 0.05) is 10.6 Å². The topological polar surface area (TPSA) is 82.0 Å². The van der Waals surface area contributed by atoms with Crippen LogP contribution in [0.5, 0.6) is 5.75 Å². The molecule has 1 heterocycles. The maximum absolute atomic E-state index is 12.4. The van der Waals surface area contributed by atoms with E-state index in [-0.39, 0.29) is 22.2 Å². The highest BCUT2D eigenvalue weighted by Gasteiger charge is 2.25. The quantitative estimate of drug-likeness (QED) is 0.316. The Hall–Kier alpha value is -3.42. The van der Waals surface area contributed by atoms with E-state index in [1.54, 1.807) is 18.2 Å². The normalized spacial score (nSPS) is 15.0. The Kier molecular flexibility index (Phi) is 5.63. The van der Waals surface area contributed by atoms with Gasteiger partial charge in [-0.2, -0.15) is 8.42 Å². The highest BCUT2D eigenvalue weighted by molar-refractivity contribution is 7.87. The second-order valence-electron chi connectivity index (χ2n) is 6.71. The zero-order chi connectivity index (χ0) is 22.0. The van der Waals surface area contributed by atoms with Crippen LogP contribution in [0.4, 0.5) is 0 Å². The van der Waals surface area contributed by atoms with Crippen LogP contribution in [0, 0.1) is 6.92 Å². The van der Waals surface area contributed by atoms with Crippen LogP contribution in [0.1, 0.15) is 16.7 Å². The molecule has 156 valence electrons. The van der Waals surface area contributed by atoms with Crippen molar-refractivity contribution >= 4 is 39.7 Å². The Morgan fingerprint density at radius 2 is 1.65 bits per heavy atom. The molecule has 0 unspecified atom stereocenters. The van der Waals surface area contributed by atoms with E-state index in [0.29, 0.717) is 10.6 Å². The van der Waals surface area contributed by atoms with Gasteiger partial charge in [0.1, 0.15) is 10.6 Å². The first-order chi connectivity index (χ1) is 14.8. The molecule has 0 N–H and O–H groups in total. The molecule has 1 aliphatic rings. The predicted molar refractivity (Wildman–Crippen MR) is 117 cm³/mol. The van der Waals surface area contributed by atoms with Gasteiger partial charge in [0.2, 0.25) is 5.90 Å². The molecule has 0 spiro atoms. The van der Waals surface area contributed by atoms with Crippen LogP contribution in [0.25, 0.3) is 6.08 Å². The number of ether oxygens (including phenoxy) is 1. The summed E-state index contributed by atoms with van der Waals surface area (Å²) in [6.07, 6.45) is 1.56. The third-order valence-electron chi connectivity index (χ3n) is 4.49. The summed E-state index contributed by atoms with van der Waals surface area (Å²) in [6, 6.07) is 19.4. The summed E-state index contributed by atoms with van der Waals surface area (Å²) in [5.74, 6) is -0.164. The second kappa shape index (κ2) is 8.37. The minimum atomic E-state index is -3.99. The first-order valence-electron chi connectivity index (χ1n) is 9.20. The molecule has 1 aliphatic heterocycles. The SMILES string of the molecule is Cc1ccccc1C1=N/C(=C/c2ccc(OS(=O)(=O)c3ccc(Cl)cc3)cc2)C(=O)O1. The second-order valence-corrected chi connectivity index (χ2v) is 8.69. The van der Waals surface area contributed by atoms with Gasteiger partial charge in [-0.15, -0.1) is 0 Å². The molecule has 0 radical (unpaired) electrons. The van der Waals surface area contributed by atoms with Gasteiger partial charge in [-0.1, -0.05) is 41.9 Å². The van der Waals surface area contributed by atoms with Crippen LogP contribution < -0.4 is 4.18 Å². The Bertz CT molecular complexity index is 1310. The smallest absolute Gasteiger partial charge is 0.363 e. The number of benzene rings is 3. The molecule has 3 aromatic rings. The van der Waals surface area contributed by atoms with Crippen LogP contribution in [-0.4, -0.2) is 20.3 Å². The molecule has 0 amide bonds. The van der Waals surface area contributed by atoms with Gasteiger partial charge in [-0.05, 0) is 66.6 Å². The lowest BCUT2D eigenvalue weighted by Crippen LogP contribution is -2.09. The molecular formula is C23H16ClNO5S. The number of hydrogen-bond donors (Lipinski definition) is 0. The van der Waals surface area contributed by atoms with Gasteiger partial charge in [-0.3, -0.25) is 0 Å². The van der Waals surface area contributed by atoms with E-state index in [1.807, 2.05) is 31.2 Å². The summed E-state index contributed by atoms with van der Waals surface area (Å²) < 4.78 is 35.2. The largest absolute Gasteiger partial charge is 0.402 e. The molecule has 0 bridgehead atoms. The fourth-order valence-electron chi connectivity index (χ4n) is 2.89. The van der Waals surface area contributed by atoms with Crippen molar-refractivity contribution in [3.63, 3.8) is 0 Å². The Balaban J connectivity index is 1.53. The van der Waals surface area contributed by atoms with Crippen molar-refractivity contribution in [1.82, 2.24) is 0 Å². The van der Waals surface area contributed by atoms with Gasteiger partial charge < -0.3 is 8.92 Å². The van der Waals surface area contributed by atoms with Crippen LogP contribution in [-0.2, 0) is 19.6 Å². The first kappa shape index (κ1) is 20.8. The van der Waals surface area contributed by atoms with Gasteiger partial charge in [0.25, 0.3) is 0 Å². The molecule has 3 aromatic carbocycles. The van der Waals surface area contributed by atoms with E-state index in [2.05, 4.69) is 4.99 Å². The number of cyclic esters (lactones) is 1. The van der Waals surface area contributed by atoms with Crippen molar-refractivity contribution in [3.05, 3.63) is 100 Å². The molecule has 0 saturated heterocycles. The summed E-state index contributed by atoms with van der Waals surface area (Å²) in [5, 5.41) is 0.426. The molecular weight excluding hydrogens is 438 g/mol. The number of aryl methyl sites for hydroxylation is 1. The monoisotopic (exact) mass is 453 g/mol. The fourth-order valence-corrected chi connectivity index (χ4v) is 3.95. The average Bonchev–Trinajstić information content (AvgIpc) is 3.10. The Morgan fingerprint density at radius 3 is 2.32 bits per heavy atom. The maximum atomic E-state index is 12.4. The zero-order valence-corrected chi connectivity index (χ0v) is 17.9. The highest BCUT2D eigenvalue weighted by Crippen LogP contribution is 2.24. The third-order valence-corrected chi connectivity index (χ3v) is 6.00. The summed E-state index contributed by atoms with van der Waals surface area (Å²) in [6.45, 7) is 1.91. The molecule has 0 atom stereocenters. The first-order valence-corrected chi connectivity index (χ1v) is 11.0. The lowest BCUT2D eigenvalue weighted by atomic mass is 10.1. The molecule has 0 saturated carbocycles. The highest BCUT2D eigenvalue weighted by atomic mass is 35.5. The molecule has 0 fully saturated rings. The van der Waals surface area contributed by atoms with E-state index in [9.17, 15) is 13.2 Å². The molecule has 6 nitrogen and oxygen atoms in total. The summed E-state index contributed by atoms with van der Waals surface area (Å²) in [4.78, 5) is 16.5. The van der Waals surface area contributed by atoms with Gasteiger partial charge >= 0.3 is 16.1 Å². The minimum Gasteiger partial charge on any atom is -0.402 e. The van der Waals surface area contributed by atoms with Crippen molar-refractivity contribution < 1.29 is 22.1 Å². The van der Waals surface area contributed by atoms with Gasteiger partial charge in [0.15, 0.2) is 5.70 Å². The number of aliphatic imine (C=N–C) groups is 1. The van der Waals surface area contributed by atoms with Crippen LogP contribution >= 0.6 is 11.6 Å². The number of nitrogens with zero attached hydrogens (tertiary/aromatic N) is 1. The molecule has 31 heavy (non-hydrogen) atoms. The van der Waals surface area contributed by atoms with Gasteiger partial charge in [0.05, 0.1) is 0 Å². The number of esters is 1.